The number of phenolic OH excluding ortho intramolecular Hbond substituents is 1. The average Bonchev–Trinajstić information content (AvgIpc) is 3.85. The maximum atomic E-state index is 12.7. The fourth-order valence-electron chi connectivity index (χ4n) is 9.43. The largest absolute Gasteiger partial charge is 0.507 e. The Morgan fingerprint density at radius 2 is 1.12 bits per heavy atom. The molecular weight excluding hydrogens is 793 g/mol. The van der Waals surface area contributed by atoms with Crippen LogP contribution in [0, 0.1) is 0 Å². The van der Waals surface area contributed by atoms with Gasteiger partial charge in [-0.15, -0.1) is 0 Å². The van der Waals surface area contributed by atoms with Crippen LogP contribution in [0.4, 0.5) is 0 Å². The van der Waals surface area contributed by atoms with Gasteiger partial charge in [-0.3, -0.25) is 9.55 Å². The Morgan fingerprint density at radius 3 is 1.82 bits per heavy atom. The summed E-state index contributed by atoms with van der Waals surface area (Å²) >= 11 is 0. The zero-order chi connectivity index (χ0) is 45.4. The number of aromatic hydroxyl groups is 1. The van der Waals surface area contributed by atoms with Crippen molar-refractivity contribution < 1.29 is 5.11 Å². The van der Waals surface area contributed by atoms with Crippen LogP contribution >= 0.6 is 0 Å². The maximum Gasteiger partial charge on any atom is 0.149 e. The van der Waals surface area contributed by atoms with Crippen molar-refractivity contribution in [2.75, 3.05) is 0 Å². The molecule has 0 saturated heterocycles. The Kier molecular flexibility index (Phi) is 9.95. The number of nitrogens with zero attached hydrogens (tertiary/aromatic N) is 4. The third kappa shape index (κ3) is 7.29. The fraction of sp³-hybridized carbons (Fsp3) is 0.200. The number of imidazole rings is 1. The number of rotatable bonds is 6. The first-order valence-corrected chi connectivity index (χ1v) is 22.7. The first-order chi connectivity index (χ1) is 31.1. The Morgan fingerprint density at radius 1 is 0.462 bits per heavy atom. The Bertz CT molecular complexity index is 3410. The van der Waals surface area contributed by atoms with Gasteiger partial charge in [0.2, 0.25) is 0 Å². The molecule has 0 aliphatic rings. The lowest BCUT2D eigenvalue weighted by molar-refractivity contribution is 0.446. The Balaban J connectivity index is 1.39. The molecule has 0 bridgehead atoms. The van der Waals surface area contributed by atoms with Gasteiger partial charge in [-0.05, 0) is 99.7 Å². The predicted octanol–water partition coefficient (Wildman–Crippen LogP) is 15.8. The van der Waals surface area contributed by atoms with Crippen LogP contribution in [0.3, 0.4) is 0 Å². The van der Waals surface area contributed by atoms with Crippen molar-refractivity contribution in [2.24, 2.45) is 0 Å². The van der Waals surface area contributed by atoms with Gasteiger partial charge < -0.3 is 9.67 Å². The molecule has 0 fully saturated rings. The van der Waals surface area contributed by atoms with E-state index in [4.69, 9.17) is 9.97 Å². The second-order valence-electron chi connectivity index (χ2n) is 20.5. The standard InChI is InChI=1S/C60H56N4O/c1-58(2,3)40-30-31-52(45(35-40)38-21-12-10-13-22-38)64-53-29-20-26-44(54(53)62-57(64)48-36-41(59(4,5)6)37-49(56(48)65)60(7,8)9)47-34-39(50-27-18-19-32-61-50)33-46-43-25-16-17-28-51(43)63(55(46)47)42-23-14-11-15-24-42/h10-37,65H,1-9H3. The van der Waals surface area contributed by atoms with Gasteiger partial charge in [0.05, 0.1) is 39.0 Å². The highest BCUT2D eigenvalue weighted by atomic mass is 16.3. The molecule has 5 heteroatoms. The van der Waals surface area contributed by atoms with Crippen LogP contribution in [0.15, 0.2) is 170 Å². The second kappa shape index (κ2) is 15.5. The van der Waals surface area contributed by atoms with E-state index in [-0.39, 0.29) is 22.0 Å². The summed E-state index contributed by atoms with van der Waals surface area (Å²) in [5, 5.41) is 15.0. The van der Waals surface area contributed by atoms with E-state index in [1.807, 2.05) is 18.3 Å². The van der Waals surface area contributed by atoms with Crippen LogP contribution in [0.2, 0.25) is 0 Å². The van der Waals surface area contributed by atoms with Gasteiger partial charge in [0.15, 0.2) is 0 Å². The summed E-state index contributed by atoms with van der Waals surface area (Å²) in [6.07, 6.45) is 1.86. The molecule has 0 spiro atoms. The third-order valence-corrected chi connectivity index (χ3v) is 12.9. The van der Waals surface area contributed by atoms with Crippen molar-refractivity contribution in [1.82, 2.24) is 19.1 Å². The summed E-state index contributed by atoms with van der Waals surface area (Å²) in [5.74, 6) is 0.933. The molecule has 10 aromatic rings. The summed E-state index contributed by atoms with van der Waals surface area (Å²) in [4.78, 5) is 10.7. The maximum absolute atomic E-state index is 12.7. The lowest BCUT2D eigenvalue weighted by atomic mass is 9.79. The highest BCUT2D eigenvalue weighted by molar-refractivity contribution is 6.17. The lowest BCUT2D eigenvalue weighted by Gasteiger charge is -2.28. The smallest absolute Gasteiger partial charge is 0.149 e. The normalized spacial score (nSPS) is 12.4. The molecule has 10 rings (SSSR count). The summed E-state index contributed by atoms with van der Waals surface area (Å²) in [5.41, 5.74) is 15.6. The molecule has 65 heavy (non-hydrogen) atoms. The number of aromatic nitrogens is 4. The van der Waals surface area contributed by atoms with Crippen LogP contribution < -0.4 is 0 Å². The predicted molar refractivity (Wildman–Crippen MR) is 273 cm³/mol. The topological polar surface area (TPSA) is 55.9 Å². The molecule has 0 aliphatic heterocycles. The van der Waals surface area contributed by atoms with E-state index in [0.717, 1.165) is 88.9 Å². The summed E-state index contributed by atoms with van der Waals surface area (Å²) < 4.78 is 4.69. The van der Waals surface area contributed by atoms with E-state index in [2.05, 4.69) is 223 Å². The molecule has 3 aromatic heterocycles. The zero-order valence-corrected chi connectivity index (χ0v) is 38.9. The molecule has 1 N–H and O–H groups in total. The van der Waals surface area contributed by atoms with Crippen molar-refractivity contribution in [3.8, 4) is 62.0 Å². The lowest BCUT2D eigenvalue weighted by Crippen LogP contribution is -2.17. The van der Waals surface area contributed by atoms with Gasteiger partial charge in [0.25, 0.3) is 0 Å². The second-order valence-corrected chi connectivity index (χ2v) is 20.5. The van der Waals surface area contributed by atoms with E-state index in [1.165, 1.54) is 5.56 Å². The van der Waals surface area contributed by atoms with Crippen molar-refractivity contribution in [3.63, 3.8) is 0 Å². The molecule has 322 valence electrons. The quantitative estimate of drug-likeness (QED) is 0.181. The Labute approximate surface area is 382 Å². The molecule has 0 aliphatic carbocycles. The molecular formula is C60H56N4O. The van der Waals surface area contributed by atoms with Crippen LogP contribution in [-0.4, -0.2) is 24.2 Å². The number of benzene rings is 7. The van der Waals surface area contributed by atoms with Crippen LogP contribution in [0.25, 0.3) is 89.1 Å². The molecule has 7 aromatic carbocycles. The molecule has 0 atom stereocenters. The summed E-state index contributed by atoms with van der Waals surface area (Å²) in [6.45, 7) is 20.0. The highest BCUT2D eigenvalue weighted by Gasteiger charge is 2.30. The number of hydrogen-bond donors (Lipinski definition) is 1. The van der Waals surface area contributed by atoms with E-state index in [0.29, 0.717) is 11.4 Å². The molecule has 0 amide bonds. The van der Waals surface area contributed by atoms with E-state index < -0.39 is 0 Å². The van der Waals surface area contributed by atoms with Crippen molar-refractivity contribution >= 4 is 32.8 Å². The number of para-hydroxylation sites is 3. The van der Waals surface area contributed by atoms with Gasteiger partial charge in [-0.2, -0.15) is 0 Å². The van der Waals surface area contributed by atoms with Crippen molar-refractivity contribution in [3.05, 3.63) is 187 Å². The fourth-order valence-corrected chi connectivity index (χ4v) is 9.43. The average molecular weight is 849 g/mol. The van der Waals surface area contributed by atoms with E-state index in [9.17, 15) is 5.11 Å². The van der Waals surface area contributed by atoms with Crippen LogP contribution in [-0.2, 0) is 16.2 Å². The highest BCUT2D eigenvalue weighted by Crippen LogP contribution is 2.48. The first-order valence-electron chi connectivity index (χ1n) is 22.7. The van der Waals surface area contributed by atoms with Crippen LogP contribution in [0.5, 0.6) is 5.75 Å². The van der Waals surface area contributed by atoms with E-state index in [1.54, 1.807) is 0 Å². The Hall–Kier alpha value is -7.24. The minimum Gasteiger partial charge on any atom is -0.507 e. The monoisotopic (exact) mass is 848 g/mol. The molecule has 0 radical (unpaired) electrons. The number of hydrogen-bond acceptors (Lipinski definition) is 3. The van der Waals surface area contributed by atoms with Crippen molar-refractivity contribution in [1.29, 1.82) is 0 Å². The number of phenols is 1. The van der Waals surface area contributed by atoms with Gasteiger partial charge >= 0.3 is 0 Å². The summed E-state index contributed by atoms with van der Waals surface area (Å²) in [7, 11) is 0. The van der Waals surface area contributed by atoms with Gasteiger partial charge in [0.1, 0.15) is 11.6 Å². The minimum atomic E-state index is -0.339. The number of fused-ring (bicyclic) bond motifs is 4. The molecule has 3 heterocycles. The van der Waals surface area contributed by atoms with Crippen LogP contribution in [0.1, 0.15) is 79.0 Å². The van der Waals surface area contributed by atoms with Gasteiger partial charge in [0, 0.05) is 50.5 Å². The summed E-state index contributed by atoms with van der Waals surface area (Å²) in [6, 6.07) is 58.4. The van der Waals surface area contributed by atoms with Gasteiger partial charge in [-0.25, -0.2) is 4.98 Å². The number of pyridine rings is 1. The van der Waals surface area contributed by atoms with Gasteiger partial charge in [-0.1, -0.05) is 159 Å². The molecule has 5 nitrogen and oxygen atoms in total. The minimum absolute atomic E-state index is 0.0861. The molecule has 0 saturated carbocycles. The first kappa shape index (κ1) is 41.8. The molecule has 0 unspecified atom stereocenters. The zero-order valence-electron chi connectivity index (χ0n) is 38.9. The van der Waals surface area contributed by atoms with E-state index >= 15 is 0 Å². The SMILES string of the molecule is CC(C)(C)c1ccc(-n2c(-c3cc(C(C)(C)C)cc(C(C)(C)C)c3O)nc3c(-c4cc(-c5ccccn5)cc5c6ccccc6n(-c6ccccc6)c45)cccc32)c(-c2ccccc2)c1. The van der Waals surface area contributed by atoms with Crippen molar-refractivity contribution in [2.45, 2.75) is 78.6 Å². The third-order valence-electron chi connectivity index (χ3n) is 12.9.